The van der Waals surface area contributed by atoms with Crippen LogP contribution in [-0.4, -0.2) is 82.3 Å². The molecule has 0 radical (unpaired) electrons. The molecule has 2 heterocycles. The largest absolute Gasteiger partial charge is 0.357 e. The van der Waals surface area contributed by atoms with E-state index in [1.54, 1.807) is 0 Å². The molecule has 0 aromatic carbocycles. The molecule has 0 aromatic heterocycles. The van der Waals surface area contributed by atoms with Crippen molar-refractivity contribution in [2.45, 2.75) is 45.4 Å². The van der Waals surface area contributed by atoms with E-state index in [1.807, 2.05) is 0 Å². The lowest BCUT2D eigenvalue weighted by atomic mass is 9.86. The molecule has 27 heavy (non-hydrogen) atoms. The van der Waals surface area contributed by atoms with Gasteiger partial charge in [-0.25, -0.2) is 13.1 Å². The SMILES string of the molecule is CCNC(=NCCS(=O)(=O)NCC1CCC1)N1CCC(CN2CCCC2)C1. The van der Waals surface area contributed by atoms with Gasteiger partial charge < -0.3 is 15.1 Å². The summed E-state index contributed by atoms with van der Waals surface area (Å²) >= 11 is 0. The van der Waals surface area contributed by atoms with Gasteiger partial charge in [0.15, 0.2) is 5.96 Å². The van der Waals surface area contributed by atoms with Crippen molar-refractivity contribution in [3.05, 3.63) is 0 Å². The van der Waals surface area contributed by atoms with Gasteiger partial charge in [0.25, 0.3) is 0 Å². The summed E-state index contributed by atoms with van der Waals surface area (Å²) in [6, 6.07) is 0. The van der Waals surface area contributed by atoms with Gasteiger partial charge in [-0.3, -0.25) is 4.99 Å². The molecule has 2 saturated heterocycles. The summed E-state index contributed by atoms with van der Waals surface area (Å²) < 4.78 is 27.1. The summed E-state index contributed by atoms with van der Waals surface area (Å²) in [7, 11) is -3.22. The van der Waals surface area contributed by atoms with E-state index in [0.29, 0.717) is 24.9 Å². The number of nitrogens with one attached hydrogen (secondary N) is 2. The van der Waals surface area contributed by atoms with Crippen LogP contribution in [0.25, 0.3) is 0 Å². The van der Waals surface area contributed by atoms with Gasteiger partial charge in [0.1, 0.15) is 0 Å². The Kier molecular flexibility index (Phi) is 7.78. The molecule has 156 valence electrons. The van der Waals surface area contributed by atoms with Crippen molar-refractivity contribution in [2.75, 3.05) is 58.1 Å². The van der Waals surface area contributed by atoms with Gasteiger partial charge in [0.05, 0.1) is 12.3 Å². The first kappa shape index (κ1) is 20.9. The second-order valence-corrected chi connectivity index (χ2v) is 10.2. The minimum atomic E-state index is -3.22. The molecule has 1 aliphatic carbocycles. The third kappa shape index (κ3) is 6.61. The van der Waals surface area contributed by atoms with Crippen molar-refractivity contribution in [3.63, 3.8) is 0 Å². The minimum Gasteiger partial charge on any atom is -0.357 e. The molecule has 3 rings (SSSR count). The van der Waals surface area contributed by atoms with Crippen molar-refractivity contribution in [1.29, 1.82) is 0 Å². The summed E-state index contributed by atoms with van der Waals surface area (Å²) in [4.78, 5) is 9.49. The lowest BCUT2D eigenvalue weighted by molar-refractivity contribution is 0.281. The molecule has 2 aliphatic heterocycles. The number of nitrogens with zero attached hydrogens (tertiary/aromatic N) is 3. The third-order valence-corrected chi connectivity index (χ3v) is 7.40. The molecule has 0 spiro atoms. The van der Waals surface area contributed by atoms with Gasteiger partial charge in [-0.05, 0) is 64.0 Å². The first-order chi connectivity index (χ1) is 13.1. The van der Waals surface area contributed by atoms with E-state index in [4.69, 9.17) is 0 Å². The van der Waals surface area contributed by atoms with E-state index in [2.05, 4.69) is 31.8 Å². The van der Waals surface area contributed by atoms with Crippen LogP contribution in [0.3, 0.4) is 0 Å². The molecule has 1 unspecified atom stereocenters. The predicted octanol–water partition coefficient (Wildman–Crippen LogP) is 1.09. The summed E-state index contributed by atoms with van der Waals surface area (Å²) in [5.74, 6) is 2.17. The molecule has 1 atom stereocenters. The first-order valence-corrected chi connectivity index (χ1v) is 12.4. The van der Waals surface area contributed by atoms with Crippen LogP contribution in [0.4, 0.5) is 0 Å². The van der Waals surface area contributed by atoms with E-state index in [0.717, 1.165) is 38.4 Å². The lowest BCUT2D eigenvalue weighted by Gasteiger charge is -2.25. The van der Waals surface area contributed by atoms with E-state index in [-0.39, 0.29) is 5.75 Å². The van der Waals surface area contributed by atoms with E-state index in [1.165, 1.54) is 45.3 Å². The van der Waals surface area contributed by atoms with E-state index < -0.39 is 10.0 Å². The average Bonchev–Trinajstić information content (AvgIpc) is 3.25. The van der Waals surface area contributed by atoms with E-state index in [9.17, 15) is 8.42 Å². The highest BCUT2D eigenvalue weighted by molar-refractivity contribution is 7.89. The fourth-order valence-corrected chi connectivity index (χ4v) is 5.18. The molecule has 3 aliphatic rings. The van der Waals surface area contributed by atoms with Crippen LogP contribution in [-0.2, 0) is 10.0 Å². The number of hydrogen-bond acceptors (Lipinski definition) is 4. The maximum atomic E-state index is 12.2. The maximum absolute atomic E-state index is 12.2. The molecular weight excluding hydrogens is 362 g/mol. The number of likely N-dealkylation sites (tertiary alicyclic amines) is 2. The lowest BCUT2D eigenvalue weighted by Crippen LogP contribution is -2.41. The van der Waals surface area contributed by atoms with Crippen LogP contribution < -0.4 is 10.0 Å². The normalized spacial score (nSPS) is 25.1. The predicted molar refractivity (Wildman–Crippen MR) is 110 cm³/mol. The summed E-state index contributed by atoms with van der Waals surface area (Å²) in [5, 5.41) is 3.34. The van der Waals surface area contributed by atoms with Crippen molar-refractivity contribution in [3.8, 4) is 0 Å². The molecule has 2 N–H and O–H groups in total. The highest BCUT2D eigenvalue weighted by atomic mass is 32.2. The molecule has 0 aromatic rings. The smallest absolute Gasteiger partial charge is 0.213 e. The van der Waals surface area contributed by atoms with Gasteiger partial charge in [-0.2, -0.15) is 0 Å². The highest BCUT2D eigenvalue weighted by Gasteiger charge is 2.27. The van der Waals surface area contributed by atoms with Crippen LogP contribution in [0, 0.1) is 11.8 Å². The maximum Gasteiger partial charge on any atom is 0.213 e. The van der Waals surface area contributed by atoms with Crippen molar-refractivity contribution >= 4 is 16.0 Å². The van der Waals surface area contributed by atoms with Gasteiger partial charge in [-0.1, -0.05) is 6.42 Å². The third-order valence-electron chi connectivity index (χ3n) is 6.07. The Hall–Kier alpha value is -0.860. The van der Waals surface area contributed by atoms with E-state index >= 15 is 0 Å². The Morgan fingerprint density at radius 1 is 1.07 bits per heavy atom. The van der Waals surface area contributed by atoms with Gasteiger partial charge in [0, 0.05) is 32.7 Å². The fraction of sp³-hybridized carbons (Fsp3) is 0.947. The standard InChI is InChI=1S/C19H37N5O2S/c1-2-20-19(21-9-13-27(25,26)22-14-17-6-5-7-17)24-12-8-18(16-24)15-23-10-3-4-11-23/h17-18,22H,2-16H2,1H3,(H,20,21). The second kappa shape index (κ2) is 10.1. The van der Waals surface area contributed by atoms with Crippen LogP contribution in [0.1, 0.15) is 45.4 Å². The summed E-state index contributed by atoms with van der Waals surface area (Å²) in [5.41, 5.74) is 0. The second-order valence-electron chi connectivity index (χ2n) is 8.31. The quantitative estimate of drug-likeness (QED) is 0.448. The van der Waals surface area contributed by atoms with Gasteiger partial charge in [0.2, 0.25) is 10.0 Å². The monoisotopic (exact) mass is 399 g/mol. The van der Waals surface area contributed by atoms with Crippen molar-refractivity contribution in [2.24, 2.45) is 16.8 Å². The first-order valence-electron chi connectivity index (χ1n) is 10.8. The van der Waals surface area contributed by atoms with Crippen LogP contribution in [0.2, 0.25) is 0 Å². The zero-order chi connectivity index (χ0) is 19.1. The Morgan fingerprint density at radius 3 is 2.52 bits per heavy atom. The van der Waals surface area contributed by atoms with Gasteiger partial charge in [-0.15, -0.1) is 0 Å². The number of aliphatic imine (C=N–C) groups is 1. The fourth-order valence-electron chi connectivity index (χ4n) is 4.22. The Balaban J connectivity index is 1.44. The minimum absolute atomic E-state index is 0.0691. The Morgan fingerprint density at radius 2 is 1.85 bits per heavy atom. The topological polar surface area (TPSA) is 77.0 Å². The number of guanidine groups is 1. The summed E-state index contributed by atoms with van der Waals surface area (Å²) in [6.07, 6.45) is 7.41. The molecule has 7 nitrogen and oxygen atoms in total. The molecule has 3 fully saturated rings. The number of rotatable bonds is 9. The molecule has 8 heteroatoms. The highest BCUT2D eigenvalue weighted by Crippen LogP contribution is 2.25. The molecule has 1 saturated carbocycles. The average molecular weight is 400 g/mol. The van der Waals surface area contributed by atoms with Crippen molar-refractivity contribution in [1.82, 2.24) is 19.8 Å². The van der Waals surface area contributed by atoms with Gasteiger partial charge >= 0.3 is 0 Å². The molecular formula is C19H37N5O2S. The number of hydrogen-bond donors (Lipinski definition) is 2. The van der Waals surface area contributed by atoms with Crippen LogP contribution >= 0.6 is 0 Å². The van der Waals surface area contributed by atoms with Crippen molar-refractivity contribution < 1.29 is 8.42 Å². The Labute approximate surface area is 165 Å². The zero-order valence-corrected chi connectivity index (χ0v) is 17.6. The zero-order valence-electron chi connectivity index (χ0n) is 16.8. The summed E-state index contributed by atoms with van der Waals surface area (Å²) in [6.45, 7) is 9.49. The van der Waals surface area contributed by atoms with Crippen LogP contribution in [0.15, 0.2) is 4.99 Å². The Bertz CT molecular complexity index is 585. The molecule has 0 amide bonds. The number of sulfonamides is 1. The van der Waals surface area contributed by atoms with Crippen LogP contribution in [0.5, 0.6) is 0 Å². The molecule has 0 bridgehead atoms.